The van der Waals surface area contributed by atoms with Gasteiger partial charge in [0.1, 0.15) is 11.2 Å². The molecule has 1 aromatic heterocycles. The van der Waals surface area contributed by atoms with Gasteiger partial charge in [-0.05, 0) is 12.1 Å². The molecule has 0 fully saturated rings. The van der Waals surface area contributed by atoms with E-state index >= 15 is 0 Å². The number of aromatic nitrogens is 1. The average molecular weight is 363 g/mol. The summed E-state index contributed by atoms with van der Waals surface area (Å²) in [6.07, 6.45) is -3.87. The number of benzene rings is 2. The average Bonchev–Trinajstić information content (AvgIpc) is 2.62. The number of rotatable bonds is 4. The highest BCUT2D eigenvalue weighted by Gasteiger charge is 2.33. The standard InChI is InChI=1S/C18H13F3NO2P/c19-18(20,21)24-14-11-12-17(22-13-14)25(23,15-7-3-1-4-8-15)16-9-5-2-6-10-16/h1-13H. The van der Waals surface area contributed by atoms with Crippen LogP contribution in [0.1, 0.15) is 0 Å². The molecule has 3 aromatic rings. The van der Waals surface area contributed by atoms with E-state index in [0.717, 1.165) is 12.3 Å². The first-order chi connectivity index (χ1) is 11.9. The van der Waals surface area contributed by atoms with Crippen molar-refractivity contribution in [1.82, 2.24) is 4.98 Å². The van der Waals surface area contributed by atoms with E-state index in [2.05, 4.69) is 9.72 Å². The SMILES string of the molecule is O=P(c1ccccc1)(c1ccccc1)c1ccc(OC(F)(F)F)cn1. The molecule has 0 unspecified atom stereocenters. The molecule has 0 saturated heterocycles. The van der Waals surface area contributed by atoms with Gasteiger partial charge in [-0.3, -0.25) is 0 Å². The number of alkyl halides is 3. The second-order valence-corrected chi connectivity index (χ2v) is 7.89. The second kappa shape index (κ2) is 6.73. The Morgan fingerprint density at radius 2 is 1.32 bits per heavy atom. The zero-order chi connectivity index (χ0) is 17.9. The fourth-order valence-corrected chi connectivity index (χ4v) is 4.96. The van der Waals surface area contributed by atoms with E-state index in [9.17, 15) is 17.7 Å². The minimum absolute atomic E-state index is 0.194. The molecule has 128 valence electrons. The first kappa shape index (κ1) is 17.2. The van der Waals surface area contributed by atoms with Gasteiger partial charge in [0.05, 0.1) is 6.20 Å². The third kappa shape index (κ3) is 3.74. The predicted octanol–water partition coefficient (Wildman–Crippen LogP) is 3.62. The minimum atomic E-state index is -4.80. The van der Waals surface area contributed by atoms with Gasteiger partial charge in [-0.1, -0.05) is 60.7 Å². The van der Waals surface area contributed by atoms with Crippen molar-refractivity contribution in [1.29, 1.82) is 0 Å². The Morgan fingerprint density at radius 1 is 0.800 bits per heavy atom. The van der Waals surface area contributed by atoms with E-state index in [-0.39, 0.29) is 5.44 Å². The number of halogens is 3. The molecule has 0 aliphatic heterocycles. The van der Waals surface area contributed by atoms with Crippen LogP contribution < -0.4 is 20.8 Å². The van der Waals surface area contributed by atoms with Gasteiger partial charge < -0.3 is 9.30 Å². The van der Waals surface area contributed by atoms with Gasteiger partial charge in [-0.25, -0.2) is 4.98 Å². The van der Waals surface area contributed by atoms with Gasteiger partial charge in [0.25, 0.3) is 0 Å². The van der Waals surface area contributed by atoms with Crippen LogP contribution in [0.5, 0.6) is 5.75 Å². The quantitative estimate of drug-likeness (QED) is 0.665. The Balaban J connectivity index is 2.09. The molecule has 0 bridgehead atoms. The maximum absolute atomic E-state index is 13.9. The van der Waals surface area contributed by atoms with Crippen LogP contribution >= 0.6 is 7.14 Å². The summed E-state index contributed by atoms with van der Waals surface area (Å²) in [6.45, 7) is 0. The van der Waals surface area contributed by atoms with Crippen molar-refractivity contribution < 1.29 is 22.5 Å². The van der Waals surface area contributed by atoms with E-state index in [1.807, 2.05) is 0 Å². The predicted molar refractivity (Wildman–Crippen MR) is 90.3 cm³/mol. The molecule has 3 nitrogen and oxygen atoms in total. The van der Waals surface area contributed by atoms with Gasteiger partial charge in [-0.15, -0.1) is 13.2 Å². The van der Waals surface area contributed by atoms with Crippen LogP contribution in [0.25, 0.3) is 0 Å². The van der Waals surface area contributed by atoms with E-state index in [1.165, 1.54) is 6.07 Å². The molecule has 0 spiro atoms. The molecule has 0 atom stereocenters. The Hall–Kier alpha value is -2.59. The summed E-state index contributed by atoms with van der Waals surface area (Å²) in [5.41, 5.74) is 0.194. The van der Waals surface area contributed by atoms with Gasteiger partial charge in [0.2, 0.25) is 0 Å². The molecule has 0 amide bonds. The maximum atomic E-state index is 13.9. The number of ether oxygens (including phenoxy) is 1. The number of hydrogen-bond donors (Lipinski definition) is 0. The van der Waals surface area contributed by atoms with Gasteiger partial charge >= 0.3 is 6.36 Å². The smallest absolute Gasteiger partial charge is 0.404 e. The van der Waals surface area contributed by atoms with Crippen LogP contribution in [-0.2, 0) is 4.57 Å². The molecule has 0 radical (unpaired) electrons. The van der Waals surface area contributed by atoms with Crippen molar-refractivity contribution in [3.63, 3.8) is 0 Å². The summed E-state index contributed by atoms with van der Waals surface area (Å²) < 4.78 is 54.6. The first-order valence-corrected chi connectivity index (χ1v) is 9.04. The highest BCUT2D eigenvalue weighted by molar-refractivity contribution is 7.85. The van der Waals surface area contributed by atoms with Crippen LogP contribution in [0.15, 0.2) is 79.0 Å². The molecule has 1 heterocycles. The van der Waals surface area contributed by atoms with Crippen molar-refractivity contribution in [2.45, 2.75) is 6.36 Å². The van der Waals surface area contributed by atoms with E-state index < -0.39 is 19.3 Å². The summed E-state index contributed by atoms with van der Waals surface area (Å²) >= 11 is 0. The van der Waals surface area contributed by atoms with Gasteiger partial charge in [0.15, 0.2) is 7.14 Å². The maximum Gasteiger partial charge on any atom is 0.573 e. The lowest BCUT2D eigenvalue weighted by molar-refractivity contribution is -0.274. The second-order valence-electron chi connectivity index (χ2n) is 5.18. The van der Waals surface area contributed by atoms with Gasteiger partial charge in [-0.2, -0.15) is 0 Å². The summed E-state index contributed by atoms with van der Waals surface area (Å²) in [5.74, 6) is -0.455. The topological polar surface area (TPSA) is 39.2 Å². The van der Waals surface area contributed by atoms with Crippen LogP contribution in [-0.4, -0.2) is 11.3 Å². The summed E-state index contributed by atoms with van der Waals surface area (Å²) in [5, 5.41) is 1.11. The van der Waals surface area contributed by atoms with Gasteiger partial charge in [0, 0.05) is 10.6 Å². The van der Waals surface area contributed by atoms with Crippen molar-refractivity contribution in [3.8, 4) is 5.75 Å². The molecule has 2 aromatic carbocycles. The zero-order valence-electron chi connectivity index (χ0n) is 12.9. The lowest BCUT2D eigenvalue weighted by Crippen LogP contribution is -2.27. The molecule has 0 saturated carbocycles. The third-order valence-electron chi connectivity index (χ3n) is 3.52. The molecule has 0 aliphatic carbocycles. The first-order valence-electron chi connectivity index (χ1n) is 7.33. The highest BCUT2D eigenvalue weighted by Crippen LogP contribution is 2.41. The van der Waals surface area contributed by atoms with Crippen LogP contribution in [0.4, 0.5) is 13.2 Å². The number of pyridine rings is 1. The van der Waals surface area contributed by atoms with E-state index in [4.69, 9.17) is 0 Å². The fraction of sp³-hybridized carbons (Fsp3) is 0.0556. The van der Waals surface area contributed by atoms with Crippen LogP contribution in [0, 0.1) is 0 Å². The highest BCUT2D eigenvalue weighted by atomic mass is 31.2. The molecular formula is C18H13F3NO2P. The van der Waals surface area contributed by atoms with E-state index in [0.29, 0.717) is 10.6 Å². The summed E-state index contributed by atoms with van der Waals surface area (Å²) in [7, 11) is -3.30. The van der Waals surface area contributed by atoms with Crippen molar-refractivity contribution >= 4 is 23.2 Å². The zero-order valence-corrected chi connectivity index (χ0v) is 13.7. The Labute approximate surface area is 142 Å². The molecule has 0 aliphatic rings. The molecule has 3 rings (SSSR count). The summed E-state index contributed by atoms with van der Waals surface area (Å²) in [4.78, 5) is 4.00. The number of hydrogen-bond acceptors (Lipinski definition) is 3. The Bertz CT molecular complexity index is 838. The van der Waals surface area contributed by atoms with Crippen molar-refractivity contribution in [2.24, 2.45) is 0 Å². The third-order valence-corrected chi connectivity index (χ3v) is 6.48. The van der Waals surface area contributed by atoms with Crippen LogP contribution in [0.2, 0.25) is 0 Å². The molecule has 7 heteroatoms. The van der Waals surface area contributed by atoms with Crippen molar-refractivity contribution in [3.05, 3.63) is 79.0 Å². The fourth-order valence-electron chi connectivity index (χ4n) is 2.44. The summed E-state index contributed by atoms with van der Waals surface area (Å²) in [6, 6.07) is 19.9. The largest absolute Gasteiger partial charge is 0.573 e. The lowest BCUT2D eigenvalue weighted by Gasteiger charge is -2.19. The van der Waals surface area contributed by atoms with Crippen molar-refractivity contribution in [2.75, 3.05) is 0 Å². The normalized spacial score (nSPS) is 12.0. The lowest BCUT2D eigenvalue weighted by atomic mass is 10.4. The Kier molecular flexibility index (Phi) is 4.64. The molecule has 25 heavy (non-hydrogen) atoms. The van der Waals surface area contributed by atoms with Crippen LogP contribution in [0.3, 0.4) is 0 Å². The van der Waals surface area contributed by atoms with E-state index in [1.54, 1.807) is 60.7 Å². The molecular weight excluding hydrogens is 350 g/mol. The minimum Gasteiger partial charge on any atom is -0.404 e. The number of nitrogens with zero attached hydrogens (tertiary/aromatic N) is 1. The Morgan fingerprint density at radius 3 is 1.72 bits per heavy atom. The monoisotopic (exact) mass is 363 g/mol. The molecule has 0 N–H and O–H groups in total.